The number of aliphatic hydroxyl groups excluding tert-OH is 1. The molecule has 1 aromatic carbocycles. The van der Waals surface area contributed by atoms with E-state index < -0.39 is 23.8 Å². The lowest BCUT2D eigenvalue weighted by Gasteiger charge is -2.10. The van der Waals surface area contributed by atoms with E-state index in [9.17, 15) is 19.1 Å². The minimum Gasteiger partial charge on any atom is -0.494 e. The number of hydrogen-bond donors (Lipinski definition) is 2. The molecule has 20 heavy (non-hydrogen) atoms. The van der Waals surface area contributed by atoms with Crippen molar-refractivity contribution in [3.63, 3.8) is 0 Å². The molecule has 0 aliphatic heterocycles. The highest BCUT2D eigenvalue weighted by molar-refractivity contribution is 5.80. The molecule has 0 saturated carbocycles. The van der Waals surface area contributed by atoms with Crippen molar-refractivity contribution in [2.45, 2.75) is 12.5 Å². The molecule has 110 valence electrons. The van der Waals surface area contributed by atoms with Crippen LogP contribution in [0.2, 0.25) is 0 Å². The van der Waals surface area contributed by atoms with E-state index in [1.165, 1.54) is 19.2 Å². The fraction of sp³-hybridized carbons (Fsp3) is 0.385. The molecule has 0 fully saturated rings. The lowest BCUT2D eigenvalue weighted by molar-refractivity contribution is -0.150. The van der Waals surface area contributed by atoms with E-state index >= 15 is 0 Å². The SMILES string of the molecule is COC(=O)C(O)CNC(=O)Cc1ccc(OC)c(F)c1. The first kappa shape index (κ1) is 15.9. The number of nitrogens with one attached hydrogen (secondary N) is 1. The standard InChI is InChI=1S/C13H16FNO5/c1-19-11-4-3-8(5-9(11)14)6-12(17)15-7-10(16)13(18)20-2/h3-5,10,16H,6-7H2,1-2H3,(H,15,17). The lowest BCUT2D eigenvalue weighted by atomic mass is 10.1. The highest BCUT2D eigenvalue weighted by atomic mass is 19.1. The zero-order valence-corrected chi connectivity index (χ0v) is 11.2. The zero-order valence-electron chi connectivity index (χ0n) is 11.2. The molecule has 6 nitrogen and oxygen atoms in total. The highest BCUT2D eigenvalue weighted by Crippen LogP contribution is 2.17. The van der Waals surface area contributed by atoms with Gasteiger partial charge in [0.15, 0.2) is 17.7 Å². The van der Waals surface area contributed by atoms with Crippen molar-refractivity contribution in [3.05, 3.63) is 29.6 Å². The van der Waals surface area contributed by atoms with Crippen LogP contribution < -0.4 is 10.1 Å². The summed E-state index contributed by atoms with van der Waals surface area (Å²) in [6.07, 6.45) is -1.49. The lowest BCUT2D eigenvalue weighted by Crippen LogP contribution is -2.37. The Morgan fingerprint density at radius 3 is 2.65 bits per heavy atom. The maximum absolute atomic E-state index is 13.4. The van der Waals surface area contributed by atoms with Gasteiger partial charge in [0.05, 0.1) is 27.2 Å². The largest absolute Gasteiger partial charge is 0.494 e. The summed E-state index contributed by atoms with van der Waals surface area (Å²) in [5.41, 5.74) is 0.452. The van der Waals surface area contributed by atoms with Crippen molar-refractivity contribution >= 4 is 11.9 Å². The van der Waals surface area contributed by atoms with Crippen LogP contribution in [0.15, 0.2) is 18.2 Å². The number of benzene rings is 1. The number of rotatable bonds is 6. The van der Waals surface area contributed by atoms with Crippen LogP contribution in [0.5, 0.6) is 5.75 Å². The van der Waals surface area contributed by atoms with E-state index in [4.69, 9.17) is 4.74 Å². The number of amides is 1. The summed E-state index contributed by atoms with van der Waals surface area (Å²) in [6, 6.07) is 4.16. The van der Waals surface area contributed by atoms with Crippen molar-refractivity contribution in [1.29, 1.82) is 0 Å². The molecule has 1 rings (SSSR count). The Labute approximate surface area is 115 Å². The summed E-state index contributed by atoms with van der Waals surface area (Å²) < 4.78 is 22.5. The molecule has 0 radical (unpaired) electrons. The summed E-state index contributed by atoms with van der Waals surface area (Å²) in [4.78, 5) is 22.5. The number of hydrogen-bond acceptors (Lipinski definition) is 5. The van der Waals surface area contributed by atoms with Gasteiger partial charge in [-0.1, -0.05) is 6.07 Å². The Morgan fingerprint density at radius 1 is 1.40 bits per heavy atom. The molecular weight excluding hydrogens is 269 g/mol. The first-order valence-electron chi connectivity index (χ1n) is 5.83. The minimum atomic E-state index is -1.42. The topological polar surface area (TPSA) is 84.9 Å². The summed E-state index contributed by atoms with van der Waals surface area (Å²) in [6.45, 7) is -0.260. The monoisotopic (exact) mass is 285 g/mol. The molecule has 1 atom stereocenters. The van der Waals surface area contributed by atoms with Crippen molar-refractivity contribution in [1.82, 2.24) is 5.32 Å². The molecule has 2 N–H and O–H groups in total. The van der Waals surface area contributed by atoms with Gasteiger partial charge in [-0.2, -0.15) is 0 Å². The molecule has 1 unspecified atom stereocenters. The summed E-state index contributed by atoms with van der Waals surface area (Å²) in [5.74, 6) is -1.75. The van der Waals surface area contributed by atoms with Gasteiger partial charge in [0.25, 0.3) is 0 Å². The van der Waals surface area contributed by atoms with E-state index in [0.29, 0.717) is 5.56 Å². The van der Waals surface area contributed by atoms with Gasteiger partial charge < -0.3 is 19.9 Å². The predicted octanol–water partition coefficient (Wildman–Crippen LogP) is 0.0269. The Bertz CT molecular complexity index is 492. The quantitative estimate of drug-likeness (QED) is 0.720. The Morgan fingerprint density at radius 2 is 2.10 bits per heavy atom. The number of ether oxygens (including phenoxy) is 2. The zero-order chi connectivity index (χ0) is 15.1. The molecule has 0 aliphatic rings. The molecule has 0 aliphatic carbocycles. The third kappa shape index (κ3) is 4.51. The smallest absolute Gasteiger partial charge is 0.336 e. The Hall–Kier alpha value is -2.15. The van der Waals surface area contributed by atoms with Crippen LogP contribution in [-0.4, -0.2) is 43.9 Å². The first-order chi connectivity index (χ1) is 9.47. The number of methoxy groups -OCH3 is 2. The van der Waals surface area contributed by atoms with Crippen LogP contribution in [-0.2, 0) is 20.7 Å². The van der Waals surface area contributed by atoms with Crippen molar-refractivity contribution in [3.8, 4) is 5.75 Å². The van der Waals surface area contributed by atoms with Gasteiger partial charge >= 0.3 is 5.97 Å². The number of carbonyl (C=O) groups is 2. The molecular formula is C13H16FNO5. The molecule has 1 aromatic rings. The normalized spacial score (nSPS) is 11.6. The Kier molecular flexibility index (Phi) is 5.92. The second-order valence-electron chi connectivity index (χ2n) is 3.99. The van der Waals surface area contributed by atoms with Crippen molar-refractivity contribution < 1.29 is 28.6 Å². The minimum absolute atomic E-state index is 0.0746. The fourth-order valence-electron chi connectivity index (χ4n) is 1.50. The maximum Gasteiger partial charge on any atom is 0.336 e. The van der Waals surface area contributed by atoms with E-state index in [2.05, 4.69) is 10.1 Å². The summed E-state index contributed by atoms with van der Waals surface area (Å²) in [7, 11) is 2.48. The Balaban J connectivity index is 2.50. The molecule has 0 saturated heterocycles. The van der Waals surface area contributed by atoms with Gasteiger partial charge in [-0.15, -0.1) is 0 Å². The maximum atomic E-state index is 13.4. The molecule has 1 amide bonds. The molecule has 0 bridgehead atoms. The van der Waals surface area contributed by atoms with Crippen LogP contribution in [0.25, 0.3) is 0 Å². The number of halogens is 1. The second kappa shape index (κ2) is 7.44. The van der Waals surface area contributed by atoms with Crippen molar-refractivity contribution in [2.24, 2.45) is 0 Å². The van der Waals surface area contributed by atoms with Crippen LogP contribution in [0.1, 0.15) is 5.56 Å². The first-order valence-corrected chi connectivity index (χ1v) is 5.83. The van der Waals surface area contributed by atoms with E-state index in [1.54, 1.807) is 6.07 Å². The van der Waals surface area contributed by atoms with Gasteiger partial charge in [-0.3, -0.25) is 4.79 Å². The van der Waals surface area contributed by atoms with E-state index in [1.807, 2.05) is 0 Å². The number of carbonyl (C=O) groups excluding carboxylic acids is 2. The van der Waals surface area contributed by atoms with Gasteiger partial charge in [-0.25, -0.2) is 9.18 Å². The molecule has 7 heteroatoms. The molecule has 0 aromatic heterocycles. The third-order valence-electron chi connectivity index (χ3n) is 2.55. The van der Waals surface area contributed by atoms with Crippen LogP contribution >= 0.6 is 0 Å². The molecule has 0 spiro atoms. The van der Waals surface area contributed by atoms with E-state index in [0.717, 1.165) is 7.11 Å². The highest BCUT2D eigenvalue weighted by Gasteiger charge is 2.16. The van der Waals surface area contributed by atoms with Gasteiger partial charge in [0.1, 0.15) is 0 Å². The summed E-state index contributed by atoms with van der Waals surface area (Å²) >= 11 is 0. The average Bonchev–Trinajstić information content (AvgIpc) is 2.44. The predicted molar refractivity (Wildman–Crippen MR) is 67.7 cm³/mol. The fourth-order valence-corrected chi connectivity index (χ4v) is 1.50. The number of esters is 1. The van der Waals surface area contributed by atoms with Gasteiger partial charge in [0.2, 0.25) is 5.91 Å². The number of aliphatic hydroxyl groups is 1. The van der Waals surface area contributed by atoms with Crippen LogP contribution in [0.4, 0.5) is 4.39 Å². The second-order valence-corrected chi connectivity index (χ2v) is 3.99. The van der Waals surface area contributed by atoms with Gasteiger partial charge in [0, 0.05) is 0 Å². The van der Waals surface area contributed by atoms with Gasteiger partial charge in [-0.05, 0) is 17.7 Å². The molecule has 0 heterocycles. The van der Waals surface area contributed by atoms with Crippen molar-refractivity contribution in [2.75, 3.05) is 20.8 Å². The van der Waals surface area contributed by atoms with Crippen LogP contribution in [0.3, 0.4) is 0 Å². The third-order valence-corrected chi connectivity index (χ3v) is 2.55. The average molecular weight is 285 g/mol. The van der Waals surface area contributed by atoms with Crippen LogP contribution in [0, 0.1) is 5.82 Å². The summed E-state index contributed by atoms with van der Waals surface area (Å²) in [5, 5.41) is 11.6. The van der Waals surface area contributed by atoms with E-state index in [-0.39, 0.29) is 18.7 Å².